The predicted molar refractivity (Wildman–Crippen MR) is 58.0 cm³/mol. The first-order valence-electron chi connectivity index (χ1n) is 5.21. The van der Waals surface area contributed by atoms with Crippen molar-refractivity contribution in [2.45, 2.75) is 33.4 Å². The molecule has 3 N–H and O–H groups in total. The van der Waals surface area contributed by atoms with Crippen LogP contribution in [0.25, 0.3) is 0 Å². The molecule has 80 valence electrons. The van der Waals surface area contributed by atoms with Gasteiger partial charge in [-0.25, -0.2) is 0 Å². The summed E-state index contributed by atoms with van der Waals surface area (Å²) in [4.78, 5) is 0. The molecule has 0 saturated carbocycles. The van der Waals surface area contributed by atoms with E-state index in [0.717, 1.165) is 38.3 Å². The highest BCUT2D eigenvalue weighted by atomic mass is 15.3. The highest BCUT2D eigenvalue weighted by molar-refractivity contribution is 5.14. The summed E-state index contributed by atoms with van der Waals surface area (Å²) < 4.78 is 1.97. The highest BCUT2D eigenvalue weighted by Crippen LogP contribution is 2.04. The molecule has 0 aliphatic carbocycles. The number of nitrogens with one attached hydrogen (secondary N) is 1. The number of aromatic nitrogens is 2. The van der Waals surface area contributed by atoms with Gasteiger partial charge in [-0.3, -0.25) is 4.68 Å². The zero-order valence-corrected chi connectivity index (χ0v) is 9.08. The molecule has 0 aliphatic heterocycles. The molecule has 14 heavy (non-hydrogen) atoms. The van der Waals surface area contributed by atoms with Crippen LogP contribution in [0.5, 0.6) is 0 Å². The van der Waals surface area contributed by atoms with E-state index in [1.807, 2.05) is 11.6 Å². The summed E-state index contributed by atoms with van der Waals surface area (Å²) in [6, 6.07) is 0. The molecule has 0 fully saturated rings. The first-order valence-corrected chi connectivity index (χ1v) is 5.21. The molecule has 0 saturated heterocycles. The van der Waals surface area contributed by atoms with Crippen molar-refractivity contribution in [3.05, 3.63) is 17.5 Å². The summed E-state index contributed by atoms with van der Waals surface area (Å²) in [5.41, 5.74) is 7.81. The van der Waals surface area contributed by atoms with Gasteiger partial charge < -0.3 is 11.1 Å². The van der Waals surface area contributed by atoms with Crippen LogP contribution in [-0.2, 0) is 13.1 Å². The van der Waals surface area contributed by atoms with Crippen LogP contribution in [0.3, 0.4) is 0 Å². The highest BCUT2D eigenvalue weighted by Gasteiger charge is 2.02. The van der Waals surface area contributed by atoms with Gasteiger partial charge in [-0.05, 0) is 33.4 Å². The summed E-state index contributed by atoms with van der Waals surface area (Å²) in [7, 11) is 0. The maximum Gasteiger partial charge on any atom is 0.0638 e. The van der Waals surface area contributed by atoms with E-state index in [1.54, 1.807) is 0 Å². The largest absolute Gasteiger partial charge is 0.330 e. The molecular weight excluding hydrogens is 176 g/mol. The second kappa shape index (κ2) is 5.78. The van der Waals surface area contributed by atoms with Gasteiger partial charge in [0.1, 0.15) is 0 Å². The van der Waals surface area contributed by atoms with Crippen LogP contribution in [0.4, 0.5) is 0 Å². The van der Waals surface area contributed by atoms with Gasteiger partial charge in [-0.15, -0.1) is 0 Å². The van der Waals surface area contributed by atoms with Crippen molar-refractivity contribution in [3.8, 4) is 0 Å². The first-order chi connectivity index (χ1) is 6.77. The molecule has 0 aromatic carbocycles. The third-order valence-electron chi connectivity index (χ3n) is 2.25. The van der Waals surface area contributed by atoms with E-state index in [-0.39, 0.29) is 0 Å². The van der Waals surface area contributed by atoms with Crippen LogP contribution in [0, 0.1) is 6.92 Å². The lowest BCUT2D eigenvalue weighted by molar-refractivity contribution is 0.646. The number of nitrogens with two attached hydrogens (primary N) is 1. The molecule has 0 spiro atoms. The number of hydrogen-bond acceptors (Lipinski definition) is 3. The topological polar surface area (TPSA) is 55.9 Å². The number of hydrogen-bond donors (Lipinski definition) is 2. The lowest BCUT2D eigenvalue weighted by Gasteiger charge is -2.01. The fraction of sp³-hybridized carbons (Fsp3) is 0.700. The molecule has 4 heteroatoms. The Hall–Kier alpha value is -0.870. The first kappa shape index (κ1) is 11.2. The monoisotopic (exact) mass is 196 g/mol. The second-order valence-electron chi connectivity index (χ2n) is 3.41. The molecular formula is C10H20N4. The number of rotatable bonds is 6. The molecule has 1 rings (SSSR count). The summed E-state index contributed by atoms with van der Waals surface area (Å²) in [6.45, 7) is 7.70. The summed E-state index contributed by atoms with van der Waals surface area (Å²) in [6.07, 6.45) is 3.13. The Balaban J connectivity index is 2.38. The molecule has 0 bridgehead atoms. The Kier molecular flexibility index (Phi) is 4.62. The van der Waals surface area contributed by atoms with E-state index >= 15 is 0 Å². The maximum atomic E-state index is 5.41. The Morgan fingerprint density at radius 1 is 1.57 bits per heavy atom. The van der Waals surface area contributed by atoms with E-state index in [1.165, 1.54) is 5.56 Å². The second-order valence-corrected chi connectivity index (χ2v) is 3.41. The Morgan fingerprint density at radius 3 is 2.93 bits per heavy atom. The van der Waals surface area contributed by atoms with Gasteiger partial charge in [0.25, 0.3) is 0 Å². The molecule has 1 aromatic heterocycles. The molecule has 1 aromatic rings. The average Bonchev–Trinajstić information content (AvgIpc) is 2.54. The SMILES string of the molecule is CCn1cc(CNCCCN)c(C)n1. The van der Waals surface area contributed by atoms with Crippen LogP contribution in [-0.4, -0.2) is 22.9 Å². The standard InChI is InChI=1S/C10H20N4/c1-3-14-8-10(9(2)13-14)7-12-6-4-5-11/h8,12H,3-7,11H2,1-2H3. The van der Waals surface area contributed by atoms with Crippen LogP contribution in [0.2, 0.25) is 0 Å². The Bertz CT molecular complexity index is 267. The number of nitrogens with zero attached hydrogens (tertiary/aromatic N) is 2. The van der Waals surface area contributed by atoms with Gasteiger partial charge in [0, 0.05) is 24.8 Å². The van der Waals surface area contributed by atoms with Crippen LogP contribution in [0.1, 0.15) is 24.6 Å². The van der Waals surface area contributed by atoms with Crippen molar-refractivity contribution in [2.75, 3.05) is 13.1 Å². The lowest BCUT2D eigenvalue weighted by Crippen LogP contribution is -2.17. The minimum Gasteiger partial charge on any atom is -0.330 e. The minimum atomic E-state index is 0.750. The van der Waals surface area contributed by atoms with Gasteiger partial charge >= 0.3 is 0 Å². The van der Waals surface area contributed by atoms with Gasteiger partial charge in [0.2, 0.25) is 0 Å². The van der Waals surface area contributed by atoms with Crippen molar-refractivity contribution < 1.29 is 0 Å². The van der Waals surface area contributed by atoms with Crippen molar-refractivity contribution in [2.24, 2.45) is 5.73 Å². The average molecular weight is 196 g/mol. The molecule has 1 heterocycles. The molecule has 0 radical (unpaired) electrons. The normalized spacial score (nSPS) is 10.8. The third kappa shape index (κ3) is 3.12. The zero-order valence-electron chi connectivity index (χ0n) is 9.08. The van der Waals surface area contributed by atoms with Crippen LogP contribution >= 0.6 is 0 Å². The smallest absolute Gasteiger partial charge is 0.0638 e. The van der Waals surface area contributed by atoms with Crippen molar-refractivity contribution in [1.29, 1.82) is 0 Å². The van der Waals surface area contributed by atoms with Crippen LogP contribution < -0.4 is 11.1 Å². The molecule has 0 aliphatic rings. The van der Waals surface area contributed by atoms with E-state index in [0.29, 0.717) is 0 Å². The molecule has 0 atom stereocenters. The fourth-order valence-corrected chi connectivity index (χ4v) is 1.34. The quantitative estimate of drug-likeness (QED) is 0.657. The van der Waals surface area contributed by atoms with Gasteiger partial charge in [-0.1, -0.05) is 0 Å². The van der Waals surface area contributed by atoms with E-state index < -0.39 is 0 Å². The molecule has 0 unspecified atom stereocenters. The molecule has 4 nitrogen and oxygen atoms in total. The Labute approximate surface area is 85.5 Å². The number of aryl methyl sites for hydroxylation is 2. The van der Waals surface area contributed by atoms with Gasteiger partial charge in [0.15, 0.2) is 0 Å². The van der Waals surface area contributed by atoms with Crippen molar-refractivity contribution in [3.63, 3.8) is 0 Å². The lowest BCUT2D eigenvalue weighted by atomic mass is 10.2. The summed E-state index contributed by atoms with van der Waals surface area (Å²) in [5.74, 6) is 0. The van der Waals surface area contributed by atoms with E-state index in [2.05, 4.69) is 23.5 Å². The minimum absolute atomic E-state index is 0.750. The summed E-state index contributed by atoms with van der Waals surface area (Å²) in [5, 5.41) is 7.73. The Morgan fingerprint density at radius 2 is 2.36 bits per heavy atom. The van der Waals surface area contributed by atoms with Crippen LogP contribution in [0.15, 0.2) is 6.20 Å². The fourth-order valence-electron chi connectivity index (χ4n) is 1.34. The van der Waals surface area contributed by atoms with Crippen molar-refractivity contribution in [1.82, 2.24) is 15.1 Å². The van der Waals surface area contributed by atoms with E-state index in [9.17, 15) is 0 Å². The van der Waals surface area contributed by atoms with Gasteiger partial charge in [-0.2, -0.15) is 5.10 Å². The van der Waals surface area contributed by atoms with E-state index in [4.69, 9.17) is 5.73 Å². The zero-order chi connectivity index (χ0) is 10.4. The maximum absolute atomic E-state index is 5.41. The van der Waals surface area contributed by atoms with Crippen molar-refractivity contribution >= 4 is 0 Å². The van der Waals surface area contributed by atoms with Gasteiger partial charge in [0.05, 0.1) is 5.69 Å². The summed E-state index contributed by atoms with van der Waals surface area (Å²) >= 11 is 0. The predicted octanol–water partition coefficient (Wildman–Crippen LogP) is 0.650. The molecule has 0 amide bonds. The third-order valence-corrected chi connectivity index (χ3v) is 2.25.